The first-order valence-corrected chi connectivity index (χ1v) is 16.0. The lowest BCUT2D eigenvalue weighted by molar-refractivity contribution is -0.138. The Kier molecular flexibility index (Phi) is 9.85. The summed E-state index contributed by atoms with van der Waals surface area (Å²) in [6.45, 7) is 8.78. The van der Waals surface area contributed by atoms with Crippen LogP contribution in [0.4, 0.5) is 10.1 Å². The van der Waals surface area contributed by atoms with Crippen LogP contribution in [0.1, 0.15) is 81.0 Å². The molecule has 1 aromatic heterocycles. The van der Waals surface area contributed by atoms with Gasteiger partial charge in [-0.15, -0.1) is 0 Å². The fraction of sp³-hybridized carbons (Fsp3) is 0.625. The van der Waals surface area contributed by atoms with Gasteiger partial charge in [0.25, 0.3) is 5.91 Å². The van der Waals surface area contributed by atoms with Crippen LogP contribution in [0.25, 0.3) is 0 Å². The molecule has 45 heavy (non-hydrogen) atoms. The molecule has 2 heterocycles. The Bertz CT molecular complexity index is 1410. The number of carbonyl (C=O) groups is 4. The molecule has 2 aromatic rings. The molecule has 0 radical (unpaired) electrons. The topological polar surface area (TPSA) is 150 Å². The second-order valence-corrected chi connectivity index (χ2v) is 12.9. The van der Waals surface area contributed by atoms with E-state index in [-0.39, 0.29) is 35.2 Å². The third-order valence-electron chi connectivity index (χ3n) is 9.57. The van der Waals surface area contributed by atoms with Crippen LogP contribution < -0.4 is 16.0 Å². The van der Waals surface area contributed by atoms with E-state index in [1.54, 1.807) is 17.9 Å². The van der Waals surface area contributed by atoms with Crippen LogP contribution in [-0.4, -0.2) is 88.5 Å². The van der Waals surface area contributed by atoms with E-state index in [9.17, 15) is 19.2 Å². The van der Waals surface area contributed by atoms with Crippen molar-refractivity contribution >= 4 is 29.3 Å². The predicted molar refractivity (Wildman–Crippen MR) is 164 cm³/mol. The Morgan fingerprint density at radius 1 is 1.04 bits per heavy atom. The Hall–Kier alpha value is -3.87. The number of hydrogen-bond acceptors (Lipinski definition) is 8. The van der Waals surface area contributed by atoms with Crippen LogP contribution in [0.15, 0.2) is 22.8 Å². The summed E-state index contributed by atoms with van der Waals surface area (Å²) in [7, 11) is 2.01. The number of anilines is 1. The van der Waals surface area contributed by atoms with Gasteiger partial charge < -0.3 is 25.8 Å². The molecular weight excluding hydrogens is 581 g/mol. The maximum atomic E-state index is 15.6. The first-order valence-electron chi connectivity index (χ1n) is 16.0. The number of hydrogen-bond donors (Lipinski definition) is 3. The second-order valence-electron chi connectivity index (χ2n) is 12.9. The van der Waals surface area contributed by atoms with Gasteiger partial charge in [-0.25, -0.2) is 9.02 Å². The fourth-order valence-electron chi connectivity index (χ4n) is 6.43. The van der Waals surface area contributed by atoms with Crippen LogP contribution in [0.5, 0.6) is 0 Å². The number of piperazine rings is 1. The summed E-state index contributed by atoms with van der Waals surface area (Å²) in [4.78, 5) is 56.5. The number of nitrogens with zero attached hydrogens (tertiary/aromatic N) is 4. The smallest absolute Gasteiger partial charge is 0.276 e. The highest BCUT2D eigenvalue weighted by Gasteiger charge is 2.48. The van der Waals surface area contributed by atoms with Gasteiger partial charge in [0.2, 0.25) is 17.7 Å². The minimum atomic E-state index is -0.885. The number of amides is 4. The third kappa shape index (κ3) is 7.51. The number of halogens is 1. The van der Waals surface area contributed by atoms with E-state index in [1.807, 2.05) is 20.9 Å². The molecule has 12 nitrogen and oxygen atoms in total. The van der Waals surface area contributed by atoms with Crippen LogP contribution in [0.2, 0.25) is 0 Å². The summed E-state index contributed by atoms with van der Waals surface area (Å²) >= 11 is 0. The van der Waals surface area contributed by atoms with Crippen molar-refractivity contribution in [2.24, 2.45) is 17.8 Å². The van der Waals surface area contributed by atoms with Gasteiger partial charge in [0, 0.05) is 38.5 Å². The summed E-state index contributed by atoms with van der Waals surface area (Å²) in [5.41, 5.74) is 0.909. The monoisotopic (exact) mass is 625 g/mol. The summed E-state index contributed by atoms with van der Waals surface area (Å²) in [6.07, 6.45) is 4.36. The molecule has 4 amide bonds. The first kappa shape index (κ1) is 32.5. The van der Waals surface area contributed by atoms with Gasteiger partial charge in [-0.3, -0.25) is 19.2 Å². The number of aromatic nitrogens is 2. The molecule has 0 unspecified atom stereocenters. The van der Waals surface area contributed by atoms with Gasteiger partial charge in [-0.2, -0.15) is 0 Å². The van der Waals surface area contributed by atoms with Crippen LogP contribution in [0.3, 0.4) is 0 Å². The lowest BCUT2D eigenvalue weighted by Crippen LogP contribution is -2.57. The van der Waals surface area contributed by atoms with Crippen LogP contribution >= 0.6 is 0 Å². The van der Waals surface area contributed by atoms with Crippen molar-refractivity contribution in [3.05, 3.63) is 41.0 Å². The normalized spacial score (nSPS) is 20.8. The van der Waals surface area contributed by atoms with Gasteiger partial charge in [0.05, 0.1) is 5.69 Å². The zero-order valence-electron chi connectivity index (χ0n) is 26.6. The molecule has 3 N–H and O–H groups in total. The number of rotatable bonds is 12. The van der Waals surface area contributed by atoms with Gasteiger partial charge >= 0.3 is 0 Å². The molecule has 4 atom stereocenters. The highest BCUT2D eigenvalue weighted by atomic mass is 19.1. The Morgan fingerprint density at radius 3 is 2.31 bits per heavy atom. The first-order chi connectivity index (χ1) is 21.5. The molecule has 1 saturated heterocycles. The zero-order chi connectivity index (χ0) is 32.4. The van der Waals surface area contributed by atoms with Gasteiger partial charge in [-0.05, 0) is 86.7 Å². The molecule has 3 fully saturated rings. The van der Waals surface area contributed by atoms with E-state index >= 15 is 4.39 Å². The highest BCUT2D eigenvalue weighted by Crippen LogP contribution is 2.51. The van der Waals surface area contributed by atoms with Crippen molar-refractivity contribution in [3.63, 3.8) is 0 Å². The highest BCUT2D eigenvalue weighted by molar-refractivity contribution is 6.01. The number of likely N-dealkylation sites (N-methyl/N-ethyl adjacent to an activating group) is 1. The maximum absolute atomic E-state index is 15.6. The number of benzene rings is 1. The van der Waals surface area contributed by atoms with E-state index in [0.717, 1.165) is 32.2 Å². The van der Waals surface area contributed by atoms with E-state index in [4.69, 9.17) is 4.63 Å². The number of aryl methyl sites for hydroxylation is 1. The van der Waals surface area contributed by atoms with Gasteiger partial charge in [-0.1, -0.05) is 25.1 Å². The molecule has 0 spiro atoms. The summed E-state index contributed by atoms with van der Waals surface area (Å²) < 4.78 is 20.4. The largest absolute Gasteiger partial charge is 0.344 e. The molecule has 3 aliphatic rings. The van der Waals surface area contributed by atoms with E-state index in [0.29, 0.717) is 42.6 Å². The van der Waals surface area contributed by atoms with Gasteiger partial charge in [0.15, 0.2) is 5.69 Å². The molecular formula is C32H44FN7O5. The summed E-state index contributed by atoms with van der Waals surface area (Å²) in [6, 6.07) is 2.81. The molecule has 2 saturated carbocycles. The molecule has 13 heteroatoms. The lowest BCUT2D eigenvalue weighted by Gasteiger charge is -2.40. The van der Waals surface area contributed by atoms with Crippen LogP contribution in [0, 0.1) is 23.6 Å². The zero-order valence-corrected chi connectivity index (χ0v) is 26.6. The molecule has 0 bridgehead atoms. The summed E-state index contributed by atoms with van der Waals surface area (Å²) in [5.74, 6) is -2.28. The SMILES string of the molecule is CCc1nonc1C(=O)N[C@H](C(=O)Nc1ccc([C@H](C)[C@@H](NC(C)=O)C(=O)N2CCN(C)[C@H](C)C2)cc1F)C(C1CC1)C1CC1. The molecule has 2 aliphatic carbocycles. The van der Waals surface area contributed by atoms with Crippen molar-refractivity contribution in [1.29, 1.82) is 0 Å². The average Bonchev–Trinajstić information content (AvgIpc) is 3.96. The van der Waals surface area contributed by atoms with Crippen molar-refractivity contribution < 1.29 is 28.2 Å². The molecule has 1 aliphatic heterocycles. The Morgan fingerprint density at radius 2 is 1.73 bits per heavy atom. The Labute approximate surface area is 262 Å². The molecule has 244 valence electrons. The van der Waals surface area contributed by atoms with E-state index in [1.165, 1.54) is 19.1 Å². The van der Waals surface area contributed by atoms with Crippen molar-refractivity contribution in [1.82, 2.24) is 30.7 Å². The predicted octanol–water partition coefficient (Wildman–Crippen LogP) is 2.72. The standard InChI is InChI=1S/C32H44FN7O5/c1-6-24-28(38-45-37-24)30(42)36-29(26(20-7-8-20)21-9-10-21)31(43)35-25-12-11-22(15-23(25)33)18(3)27(34-19(4)41)32(44)40-14-13-39(5)17(2)16-40/h11-12,15,17-18,20-21,26-27,29H,6-10,13-14,16H2,1-5H3,(H,34,41)(H,35,43)(H,36,42)/t17-,18+,27-,29+/m1/s1. The van der Waals surface area contributed by atoms with Crippen molar-refractivity contribution in [3.8, 4) is 0 Å². The fourth-order valence-corrected chi connectivity index (χ4v) is 6.43. The number of nitrogens with one attached hydrogen (secondary N) is 3. The Balaban J connectivity index is 1.33. The van der Waals surface area contributed by atoms with Gasteiger partial charge in [0.1, 0.15) is 23.6 Å². The van der Waals surface area contributed by atoms with E-state index < -0.39 is 35.6 Å². The van der Waals surface area contributed by atoms with Crippen molar-refractivity contribution in [2.45, 2.75) is 83.8 Å². The minimum absolute atomic E-state index is 0.0341. The lowest BCUT2D eigenvalue weighted by atomic mass is 9.88. The second kappa shape index (κ2) is 13.6. The average molecular weight is 626 g/mol. The maximum Gasteiger partial charge on any atom is 0.276 e. The summed E-state index contributed by atoms with van der Waals surface area (Å²) in [5, 5.41) is 15.9. The third-order valence-corrected chi connectivity index (χ3v) is 9.57. The molecule has 1 aromatic carbocycles. The van der Waals surface area contributed by atoms with Crippen LogP contribution in [-0.2, 0) is 20.8 Å². The van der Waals surface area contributed by atoms with E-state index in [2.05, 4.69) is 31.2 Å². The molecule has 5 rings (SSSR count). The van der Waals surface area contributed by atoms with Crippen molar-refractivity contribution in [2.75, 3.05) is 32.0 Å². The quantitative estimate of drug-likeness (QED) is 0.326. The minimum Gasteiger partial charge on any atom is -0.344 e. The number of carbonyl (C=O) groups excluding carboxylic acids is 4.